The average Bonchev–Trinajstić information content (AvgIpc) is 3.25. The van der Waals surface area contributed by atoms with Gasteiger partial charge >= 0.3 is 0 Å². The summed E-state index contributed by atoms with van der Waals surface area (Å²) < 4.78 is 5.22. The Bertz CT molecular complexity index is 623. The van der Waals surface area contributed by atoms with Crippen molar-refractivity contribution >= 4 is 0 Å². The fourth-order valence-corrected chi connectivity index (χ4v) is 3.46. The molecule has 2 aromatic rings. The second kappa shape index (κ2) is 8.31. The number of H-pyrrole nitrogens is 1. The van der Waals surface area contributed by atoms with E-state index in [1.54, 1.807) is 7.11 Å². The van der Waals surface area contributed by atoms with Gasteiger partial charge < -0.3 is 15.0 Å². The van der Waals surface area contributed by atoms with E-state index in [-0.39, 0.29) is 0 Å². The van der Waals surface area contributed by atoms with Crippen molar-refractivity contribution in [1.29, 1.82) is 0 Å². The van der Waals surface area contributed by atoms with Crippen LogP contribution < -0.4 is 10.1 Å². The number of benzene rings is 1. The zero-order valence-electron chi connectivity index (χ0n) is 14.7. The number of hydrogen-bond donors (Lipinski definition) is 2. The summed E-state index contributed by atoms with van der Waals surface area (Å²) in [5.74, 6) is 1.64. The number of hydrogen-bond acceptors (Lipinski definition) is 4. The lowest BCUT2D eigenvalue weighted by Gasteiger charge is -2.15. The number of nitrogens with zero attached hydrogens (tertiary/aromatic N) is 2. The third-order valence-electron chi connectivity index (χ3n) is 4.75. The maximum Gasteiger partial charge on any atom is 0.118 e. The highest BCUT2D eigenvalue weighted by molar-refractivity contribution is 5.63. The Hall–Kier alpha value is -1.85. The third-order valence-corrected chi connectivity index (χ3v) is 4.75. The van der Waals surface area contributed by atoms with Crippen molar-refractivity contribution in [2.24, 2.45) is 5.92 Å². The molecule has 1 atom stereocenters. The predicted molar refractivity (Wildman–Crippen MR) is 97.1 cm³/mol. The van der Waals surface area contributed by atoms with Crippen LogP contribution in [-0.4, -0.2) is 48.4 Å². The number of aromatic amines is 1. The van der Waals surface area contributed by atoms with Crippen molar-refractivity contribution in [2.75, 3.05) is 33.3 Å². The molecule has 2 heterocycles. The maximum atomic E-state index is 5.22. The second-order valence-electron chi connectivity index (χ2n) is 6.58. The van der Waals surface area contributed by atoms with Gasteiger partial charge in [-0.15, -0.1) is 0 Å². The minimum Gasteiger partial charge on any atom is -0.497 e. The summed E-state index contributed by atoms with van der Waals surface area (Å²) >= 11 is 0. The van der Waals surface area contributed by atoms with Gasteiger partial charge in [-0.3, -0.25) is 5.10 Å². The highest BCUT2D eigenvalue weighted by Gasteiger charge is 2.21. The van der Waals surface area contributed by atoms with Crippen LogP contribution in [0, 0.1) is 5.92 Å². The van der Waals surface area contributed by atoms with E-state index < -0.39 is 0 Å². The van der Waals surface area contributed by atoms with Crippen LogP contribution in [-0.2, 0) is 6.54 Å². The molecule has 5 heteroatoms. The molecule has 1 aliphatic rings. The fraction of sp³-hybridized carbons (Fsp3) is 0.526. The number of rotatable bonds is 8. The van der Waals surface area contributed by atoms with E-state index in [1.165, 1.54) is 38.0 Å². The Balaban J connectivity index is 1.52. The normalized spacial score (nSPS) is 18.2. The fourth-order valence-electron chi connectivity index (χ4n) is 3.46. The molecule has 0 saturated carbocycles. The summed E-state index contributed by atoms with van der Waals surface area (Å²) in [5.41, 5.74) is 3.44. The number of methoxy groups -OCH3 is 1. The minimum absolute atomic E-state index is 0.771. The van der Waals surface area contributed by atoms with Crippen molar-refractivity contribution in [1.82, 2.24) is 20.4 Å². The summed E-state index contributed by atoms with van der Waals surface area (Å²) in [4.78, 5) is 2.58. The standard InChI is InChI=1S/C19H28N4O/c1-3-9-23-10-8-15(14-23)11-20-12-17-13-21-22-19(17)16-4-6-18(24-2)7-5-16/h4-7,13,15,20H,3,8-12,14H2,1-2H3,(H,21,22)/t15-/m1/s1. The smallest absolute Gasteiger partial charge is 0.118 e. The van der Waals surface area contributed by atoms with Crippen LogP contribution >= 0.6 is 0 Å². The lowest BCUT2D eigenvalue weighted by molar-refractivity contribution is 0.322. The number of nitrogens with one attached hydrogen (secondary N) is 2. The summed E-state index contributed by atoms with van der Waals surface area (Å²) in [6.07, 6.45) is 4.48. The van der Waals surface area contributed by atoms with Crippen LogP contribution in [0.5, 0.6) is 5.75 Å². The molecule has 0 bridgehead atoms. The Morgan fingerprint density at radius 1 is 1.33 bits per heavy atom. The molecule has 1 aliphatic heterocycles. The van der Waals surface area contributed by atoms with Crippen LogP contribution in [0.1, 0.15) is 25.3 Å². The molecule has 0 spiro atoms. The molecule has 0 aliphatic carbocycles. The molecule has 2 N–H and O–H groups in total. The molecule has 5 nitrogen and oxygen atoms in total. The number of aromatic nitrogens is 2. The van der Waals surface area contributed by atoms with Gasteiger partial charge in [0.1, 0.15) is 5.75 Å². The zero-order valence-corrected chi connectivity index (χ0v) is 14.7. The van der Waals surface area contributed by atoms with E-state index in [0.29, 0.717) is 0 Å². The van der Waals surface area contributed by atoms with Gasteiger partial charge in [0, 0.05) is 24.2 Å². The van der Waals surface area contributed by atoms with Gasteiger partial charge in [0.05, 0.1) is 19.0 Å². The summed E-state index contributed by atoms with van der Waals surface area (Å²) in [7, 11) is 1.69. The third kappa shape index (κ3) is 4.16. The van der Waals surface area contributed by atoms with Crippen molar-refractivity contribution in [3.63, 3.8) is 0 Å². The van der Waals surface area contributed by atoms with Crippen molar-refractivity contribution in [3.05, 3.63) is 36.0 Å². The lowest BCUT2D eigenvalue weighted by atomic mass is 10.1. The van der Waals surface area contributed by atoms with Gasteiger partial charge in [-0.1, -0.05) is 6.92 Å². The van der Waals surface area contributed by atoms with E-state index >= 15 is 0 Å². The summed E-state index contributed by atoms with van der Waals surface area (Å²) in [6, 6.07) is 8.09. The highest BCUT2D eigenvalue weighted by atomic mass is 16.5. The lowest BCUT2D eigenvalue weighted by Crippen LogP contribution is -2.26. The second-order valence-corrected chi connectivity index (χ2v) is 6.58. The SMILES string of the molecule is CCCN1CC[C@H](CNCc2cn[nH]c2-c2ccc(OC)cc2)C1. The van der Waals surface area contributed by atoms with Crippen LogP contribution in [0.4, 0.5) is 0 Å². The minimum atomic E-state index is 0.771. The molecule has 1 aromatic carbocycles. The number of ether oxygens (including phenoxy) is 1. The first-order valence-electron chi connectivity index (χ1n) is 8.90. The first-order chi connectivity index (χ1) is 11.8. The van der Waals surface area contributed by atoms with Crippen molar-refractivity contribution < 1.29 is 4.74 Å². The average molecular weight is 328 g/mol. The van der Waals surface area contributed by atoms with Crippen LogP contribution in [0.25, 0.3) is 11.3 Å². The largest absolute Gasteiger partial charge is 0.497 e. The number of likely N-dealkylation sites (tertiary alicyclic amines) is 1. The van der Waals surface area contributed by atoms with E-state index in [0.717, 1.165) is 36.0 Å². The van der Waals surface area contributed by atoms with Crippen LogP contribution in [0.15, 0.2) is 30.5 Å². The molecular formula is C19H28N4O. The molecule has 3 rings (SSSR count). The van der Waals surface area contributed by atoms with Crippen molar-refractivity contribution in [3.8, 4) is 17.0 Å². The molecule has 0 radical (unpaired) electrons. The highest BCUT2D eigenvalue weighted by Crippen LogP contribution is 2.23. The van der Waals surface area contributed by atoms with E-state index in [1.807, 2.05) is 18.3 Å². The van der Waals surface area contributed by atoms with Crippen LogP contribution in [0.2, 0.25) is 0 Å². The van der Waals surface area contributed by atoms with Crippen LogP contribution in [0.3, 0.4) is 0 Å². The maximum absolute atomic E-state index is 5.22. The molecule has 1 fully saturated rings. The van der Waals surface area contributed by atoms with Gasteiger partial charge in [-0.2, -0.15) is 5.10 Å². The van der Waals surface area contributed by atoms with E-state index in [2.05, 4.69) is 39.5 Å². The first kappa shape index (κ1) is 17.0. The predicted octanol–water partition coefficient (Wildman–Crippen LogP) is 2.91. The molecule has 24 heavy (non-hydrogen) atoms. The quantitative estimate of drug-likeness (QED) is 0.782. The van der Waals surface area contributed by atoms with E-state index in [9.17, 15) is 0 Å². The van der Waals surface area contributed by atoms with Gasteiger partial charge in [0.25, 0.3) is 0 Å². The molecule has 0 amide bonds. The Kier molecular flexibility index (Phi) is 5.88. The van der Waals surface area contributed by atoms with Gasteiger partial charge in [-0.25, -0.2) is 0 Å². The van der Waals surface area contributed by atoms with Gasteiger partial charge in [0.15, 0.2) is 0 Å². The molecule has 0 unspecified atom stereocenters. The Morgan fingerprint density at radius 3 is 2.92 bits per heavy atom. The molecule has 1 aromatic heterocycles. The topological polar surface area (TPSA) is 53.2 Å². The Labute approximate surface area is 144 Å². The first-order valence-corrected chi connectivity index (χ1v) is 8.90. The molecule has 130 valence electrons. The molecular weight excluding hydrogens is 300 g/mol. The van der Waals surface area contributed by atoms with E-state index in [4.69, 9.17) is 4.74 Å². The summed E-state index contributed by atoms with van der Waals surface area (Å²) in [6.45, 7) is 7.90. The zero-order chi connectivity index (χ0) is 16.8. The van der Waals surface area contributed by atoms with Crippen molar-refractivity contribution in [2.45, 2.75) is 26.3 Å². The molecule has 1 saturated heterocycles. The van der Waals surface area contributed by atoms with Gasteiger partial charge in [-0.05, 0) is 62.7 Å². The monoisotopic (exact) mass is 328 g/mol. The Morgan fingerprint density at radius 2 is 2.17 bits per heavy atom. The van der Waals surface area contributed by atoms with Gasteiger partial charge in [0.2, 0.25) is 0 Å². The summed E-state index contributed by atoms with van der Waals surface area (Å²) in [5, 5.41) is 11.0.